The van der Waals surface area contributed by atoms with Crippen molar-refractivity contribution >= 4 is 23.6 Å². The number of thioether (sulfide) groups is 1. The van der Waals surface area contributed by atoms with Crippen LogP contribution in [0.3, 0.4) is 0 Å². The van der Waals surface area contributed by atoms with Gasteiger partial charge >= 0.3 is 5.97 Å². The van der Waals surface area contributed by atoms with E-state index >= 15 is 0 Å². The number of hydrogen-bond acceptors (Lipinski definition) is 4. The molecule has 0 bridgehead atoms. The Bertz CT molecular complexity index is 299. The Morgan fingerprint density at radius 1 is 1.35 bits per heavy atom. The van der Waals surface area contributed by atoms with Crippen LogP contribution in [-0.2, 0) is 9.59 Å². The van der Waals surface area contributed by atoms with Gasteiger partial charge in [-0.25, -0.2) is 0 Å². The van der Waals surface area contributed by atoms with Crippen molar-refractivity contribution in [1.29, 1.82) is 0 Å². The van der Waals surface area contributed by atoms with Crippen molar-refractivity contribution in [1.82, 2.24) is 10.2 Å². The highest BCUT2D eigenvalue weighted by atomic mass is 32.2. The van der Waals surface area contributed by atoms with Crippen LogP contribution in [0.2, 0.25) is 0 Å². The SMILES string of the molecule is O=C(O)CC1CN(C(=O)CC2CSCCN2)C1. The zero-order valence-electron chi connectivity index (χ0n) is 9.72. The smallest absolute Gasteiger partial charge is 0.303 e. The first kappa shape index (κ1) is 12.7. The highest BCUT2D eigenvalue weighted by molar-refractivity contribution is 7.99. The summed E-state index contributed by atoms with van der Waals surface area (Å²) in [5.41, 5.74) is 0. The van der Waals surface area contributed by atoms with Gasteiger partial charge in [-0.1, -0.05) is 0 Å². The van der Waals surface area contributed by atoms with Gasteiger partial charge in [0.1, 0.15) is 0 Å². The molecule has 1 atom stereocenters. The molecule has 0 aromatic heterocycles. The fourth-order valence-corrected chi connectivity index (χ4v) is 3.19. The van der Waals surface area contributed by atoms with Crippen LogP contribution in [0.15, 0.2) is 0 Å². The van der Waals surface area contributed by atoms with Gasteiger partial charge in [0.2, 0.25) is 5.91 Å². The Morgan fingerprint density at radius 3 is 2.71 bits per heavy atom. The van der Waals surface area contributed by atoms with E-state index in [1.807, 2.05) is 11.8 Å². The lowest BCUT2D eigenvalue weighted by Crippen LogP contribution is -2.52. The maximum Gasteiger partial charge on any atom is 0.303 e. The zero-order chi connectivity index (χ0) is 12.3. The number of amides is 1. The molecule has 17 heavy (non-hydrogen) atoms. The molecule has 2 aliphatic rings. The van der Waals surface area contributed by atoms with Gasteiger partial charge < -0.3 is 15.3 Å². The van der Waals surface area contributed by atoms with E-state index in [0.717, 1.165) is 18.1 Å². The fraction of sp³-hybridized carbons (Fsp3) is 0.818. The molecule has 0 aliphatic carbocycles. The van der Waals surface area contributed by atoms with E-state index in [2.05, 4.69) is 5.32 Å². The highest BCUT2D eigenvalue weighted by Gasteiger charge is 2.32. The van der Waals surface area contributed by atoms with Crippen molar-refractivity contribution in [3.8, 4) is 0 Å². The number of likely N-dealkylation sites (tertiary alicyclic amines) is 1. The minimum atomic E-state index is -0.771. The van der Waals surface area contributed by atoms with Crippen LogP contribution in [0.1, 0.15) is 12.8 Å². The van der Waals surface area contributed by atoms with Gasteiger partial charge in [-0.05, 0) is 0 Å². The van der Waals surface area contributed by atoms with Gasteiger partial charge in [-0.3, -0.25) is 9.59 Å². The monoisotopic (exact) mass is 258 g/mol. The van der Waals surface area contributed by atoms with E-state index in [1.54, 1.807) is 4.90 Å². The predicted octanol–water partition coefficient (Wildman–Crippen LogP) is 0.0146. The summed E-state index contributed by atoms with van der Waals surface area (Å²) < 4.78 is 0. The summed E-state index contributed by atoms with van der Waals surface area (Å²) in [6.07, 6.45) is 0.730. The molecule has 2 aliphatic heterocycles. The normalized spacial score (nSPS) is 25.4. The number of nitrogens with one attached hydrogen (secondary N) is 1. The second-order valence-electron chi connectivity index (χ2n) is 4.69. The standard InChI is InChI=1S/C11H18N2O3S/c14-10(4-9-7-17-2-1-12-9)13-5-8(6-13)3-11(15)16/h8-9,12H,1-7H2,(H,15,16). The predicted molar refractivity (Wildman–Crippen MR) is 66.1 cm³/mol. The Labute approximate surface area is 105 Å². The number of carboxylic acids is 1. The Kier molecular flexibility index (Phi) is 4.28. The molecule has 6 heteroatoms. The second kappa shape index (κ2) is 5.73. The Morgan fingerprint density at radius 2 is 2.12 bits per heavy atom. The first-order valence-corrected chi connectivity index (χ1v) is 7.11. The van der Waals surface area contributed by atoms with Crippen LogP contribution in [0.25, 0.3) is 0 Å². The topological polar surface area (TPSA) is 69.6 Å². The quantitative estimate of drug-likeness (QED) is 0.743. The van der Waals surface area contributed by atoms with E-state index in [1.165, 1.54) is 0 Å². The number of rotatable bonds is 4. The van der Waals surface area contributed by atoms with Crippen LogP contribution in [0.4, 0.5) is 0 Å². The summed E-state index contributed by atoms with van der Waals surface area (Å²) in [6.45, 7) is 2.21. The molecule has 0 radical (unpaired) electrons. The summed E-state index contributed by atoms with van der Waals surface area (Å²) in [5.74, 6) is 1.66. The summed E-state index contributed by atoms with van der Waals surface area (Å²) in [5, 5.41) is 12.0. The third-order valence-electron chi connectivity index (χ3n) is 3.19. The Hall–Kier alpha value is -0.750. The van der Waals surface area contributed by atoms with Gasteiger partial charge in [0.15, 0.2) is 0 Å². The molecule has 96 valence electrons. The molecule has 0 aromatic carbocycles. The van der Waals surface area contributed by atoms with Crippen molar-refractivity contribution in [2.75, 3.05) is 31.1 Å². The summed E-state index contributed by atoms with van der Waals surface area (Å²) in [7, 11) is 0. The van der Waals surface area contributed by atoms with Crippen molar-refractivity contribution in [3.05, 3.63) is 0 Å². The number of hydrogen-bond donors (Lipinski definition) is 2. The van der Waals surface area contributed by atoms with Crippen LogP contribution >= 0.6 is 11.8 Å². The first-order chi connectivity index (χ1) is 8.15. The molecule has 1 amide bonds. The number of aliphatic carboxylic acids is 1. The summed E-state index contributed by atoms with van der Waals surface area (Å²) in [4.78, 5) is 24.1. The van der Waals surface area contributed by atoms with Crippen LogP contribution in [-0.4, -0.2) is 59.1 Å². The largest absolute Gasteiger partial charge is 0.481 e. The maximum atomic E-state index is 11.9. The molecule has 1 unspecified atom stereocenters. The van der Waals surface area contributed by atoms with Gasteiger partial charge in [0, 0.05) is 49.5 Å². The zero-order valence-corrected chi connectivity index (χ0v) is 10.5. The number of carboxylic acid groups (broad SMARTS) is 1. The average molecular weight is 258 g/mol. The highest BCUT2D eigenvalue weighted by Crippen LogP contribution is 2.21. The molecule has 0 aromatic rings. The molecule has 2 heterocycles. The number of carbonyl (C=O) groups excluding carboxylic acids is 1. The summed E-state index contributed by atoms with van der Waals surface area (Å²) >= 11 is 1.88. The summed E-state index contributed by atoms with van der Waals surface area (Å²) in [6, 6.07) is 0.291. The Balaban J connectivity index is 1.66. The van der Waals surface area contributed by atoms with Gasteiger partial charge in [-0.2, -0.15) is 11.8 Å². The number of carbonyl (C=O) groups is 2. The lowest BCUT2D eigenvalue weighted by atomic mass is 9.95. The van der Waals surface area contributed by atoms with Crippen LogP contribution in [0, 0.1) is 5.92 Å². The number of nitrogens with zero attached hydrogens (tertiary/aromatic N) is 1. The minimum Gasteiger partial charge on any atom is -0.481 e. The van der Waals surface area contributed by atoms with Crippen LogP contribution in [0.5, 0.6) is 0 Å². The van der Waals surface area contributed by atoms with Crippen LogP contribution < -0.4 is 5.32 Å². The molecule has 2 rings (SSSR count). The van der Waals surface area contributed by atoms with Gasteiger partial charge in [0.25, 0.3) is 0 Å². The second-order valence-corrected chi connectivity index (χ2v) is 5.84. The van der Waals surface area contributed by atoms with Crippen molar-refractivity contribution < 1.29 is 14.7 Å². The molecular weight excluding hydrogens is 240 g/mol. The minimum absolute atomic E-state index is 0.158. The van der Waals surface area contributed by atoms with E-state index < -0.39 is 5.97 Å². The first-order valence-electron chi connectivity index (χ1n) is 5.96. The molecular formula is C11H18N2O3S. The lowest BCUT2D eigenvalue weighted by Gasteiger charge is -2.39. The molecule has 5 nitrogen and oxygen atoms in total. The third-order valence-corrected chi connectivity index (χ3v) is 4.32. The van der Waals surface area contributed by atoms with E-state index in [4.69, 9.17) is 5.11 Å². The third kappa shape index (κ3) is 3.61. The lowest BCUT2D eigenvalue weighted by molar-refractivity contribution is -0.145. The molecule has 2 saturated heterocycles. The van der Waals surface area contributed by atoms with E-state index in [9.17, 15) is 9.59 Å². The maximum absolute atomic E-state index is 11.9. The van der Waals surface area contributed by atoms with Gasteiger partial charge in [0.05, 0.1) is 6.42 Å². The molecule has 0 spiro atoms. The van der Waals surface area contributed by atoms with Crippen molar-refractivity contribution in [2.45, 2.75) is 18.9 Å². The average Bonchev–Trinajstić information content (AvgIpc) is 2.23. The molecule has 0 saturated carbocycles. The van der Waals surface area contributed by atoms with Gasteiger partial charge in [-0.15, -0.1) is 0 Å². The molecule has 2 fully saturated rings. The van der Waals surface area contributed by atoms with E-state index in [-0.39, 0.29) is 18.2 Å². The van der Waals surface area contributed by atoms with Crippen molar-refractivity contribution in [2.24, 2.45) is 5.92 Å². The molecule has 2 N–H and O–H groups in total. The van der Waals surface area contributed by atoms with E-state index in [0.29, 0.717) is 25.6 Å². The fourth-order valence-electron chi connectivity index (χ4n) is 2.24. The van der Waals surface area contributed by atoms with Crippen molar-refractivity contribution in [3.63, 3.8) is 0 Å².